The second-order valence-corrected chi connectivity index (χ2v) is 4.13. The number of rotatable bonds is 4. The van der Waals surface area contributed by atoms with Crippen LogP contribution in [0.25, 0.3) is 0 Å². The zero-order valence-electron chi connectivity index (χ0n) is 10.3. The Bertz CT molecular complexity index is 510. The number of ether oxygens (including phenoxy) is 2. The van der Waals surface area contributed by atoms with Crippen molar-refractivity contribution in [2.75, 3.05) is 6.61 Å². The van der Waals surface area contributed by atoms with E-state index >= 15 is 0 Å². The number of aliphatic hydroxyl groups excluding tert-OH is 2. The molecule has 2 unspecified atom stereocenters. The first-order chi connectivity index (χ1) is 9.04. The molecule has 0 fully saturated rings. The summed E-state index contributed by atoms with van der Waals surface area (Å²) in [6, 6.07) is 4.51. The lowest BCUT2D eigenvalue weighted by Crippen LogP contribution is -2.29. The van der Waals surface area contributed by atoms with Gasteiger partial charge in [0.2, 0.25) is 0 Å². The molecule has 1 aromatic carbocycles. The zero-order chi connectivity index (χ0) is 14.0. The van der Waals surface area contributed by atoms with Crippen molar-refractivity contribution in [1.82, 2.24) is 0 Å². The minimum Gasteiger partial charge on any atom is -0.464 e. The van der Waals surface area contributed by atoms with Crippen LogP contribution < -0.4 is 0 Å². The van der Waals surface area contributed by atoms with Crippen molar-refractivity contribution in [3.05, 3.63) is 34.9 Å². The van der Waals surface area contributed by atoms with Crippen molar-refractivity contribution < 1.29 is 29.3 Å². The molecule has 2 N–H and O–H groups in total. The number of hydrogen-bond donors (Lipinski definition) is 2. The van der Waals surface area contributed by atoms with Crippen molar-refractivity contribution in [2.45, 2.75) is 25.7 Å². The maximum absolute atomic E-state index is 11.3. The lowest BCUT2D eigenvalue weighted by Gasteiger charge is -2.17. The van der Waals surface area contributed by atoms with Gasteiger partial charge in [-0.3, -0.25) is 0 Å². The summed E-state index contributed by atoms with van der Waals surface area (Å²) in [5.74, 6) is -1.30. The number of hydrogen-bond acceptors (Lipinski definition) is 6. The van der Waals surface area contributed by atoms with Gasteiger partial charge < -0.3 is 19.7 Å². The van der Waals surface area contributed by atoms with Crippen LogP contribution in [0.1, 0.15) is 34.5 Å². The van der Waals surface area contributed by atoms with Gasteiger partial charge in [0.05, 0.1) is 12.2 Å². The number of carbonyl (C=O) groups excluding carboxylic acids is 2. The average Bonchev–Trinajstić information content (AvgIpc) is 2.78. The Morgan fingerprint density at radius 3 is 2.89 bits per heavy atom. The fraction of sp³-hybridized carbons (Fsp3) is 0.385. The lowest BCUT2D eigenvalue weighted by molar-refractivity contribution is -0.159. The Balaban J connectivity index is 2.18. The van der Waals surface area contributed by atoms with Gasteiger partial charge in [0.15, 0.2) is 6.10 Å². The van der Waals surface area contributed by atoms with Crippen LogP contribution in [0.2, 0.25) is 0 Å². The van der Waals surface area contributed by atoms with Gasteiger partial charge in [0.1, 0.15) is 12.7 Å². The van der Waals surface area contributed by atoms with Crippen molar-refractivity contribution >= 4 is 11.9 Å². The Morgan fingerprint density at radius 1 is 1.47 bits per heavy atom. The van der Waals surface area contributed by atoms with E-state index in [1.165, 1.54) is 18.2 Å². The van der Waals surface area contributed by atoms with Crippen molar-refractivity contribution in [1.29, 1.82) is 0 Å². The van der Waals surface area contributed by atoms with Crippen LogP contribution in [0.3, 0.4) is 0 Å². The van der Waals surface area contributed by atoms with Crippen molar-refractivity contribution in [3.8, 4) is 0 Å². The van der Waals surface area contributed by atoms with E-state index < -0.39 is 24.1 Å². The summed E-state index contributed by atoms with van der Waals surface area (Å²) in [4.78, 5) is 22.6. The van der Waals surface area contributed by atoms with Crippen LogP contribution in [0, 0.1) is 0 Å². The molecule has 1 heterocycles. The Kier molecular flexibility index (Phi) is 3.82. The van der Waals surface area contributed by atoms with Gasteiger partial charge >= 0.3 is 11.9 Å². The van der Waals surface area contributed by atoms with Crippen molar-refractivity contribution in [3.63, 3.8) is 0 Å². The minimum atomic E-state index is -1.66. The molecule has 0 aliphatic carbocycles. The maximum atomic E-state index is 11.3. The average molecular weight is 266 g/mol. The summed E-state index contributed by atoms with van der Waals surface area (Å²) in [5, 5.41) is 19.6. The van der Waals surface area contributed by atoms with Gasteiger partial charge in [-0.2, -0.15) is 0 Å². The fourth-order valence-corrected chi connectivity index (χ4v) is 1.88. The standard InChI is InChI=1S/C13H14O6/c1-2-18-13(17)11(15)10(14)7-3-4-9-8(5-7)6-19-12(9)16/h3-5,10-11,14-15H,2,6H2,1H3. The minimum absolute atomic E-state index is 0.120. The molecule has 0 bridgehead atoms. The van der Waals surface area contributed by atoms with Gasteiger partial charge in [0.25, 0.3) is 0 Å². The molecular formula is C13H14O6. The summed E-state index contributed by atoms with van der Waals surface area (Å²) >= 11 is 0. The molecule has 0 saturated heterocycles. The van der Waals surface area contributed by atoms with Crippen LogP contribution >= 0.6 is 0 Å². The third-order valence-corrected chi connectivity index (χ3v) is 2.88. The zero-order valence-corrected chi connectivity index (χ0v) is 10.3. The second-order valence-electron chi connectivity index (χ2n) is 4.13. The normalized spacial score (nSPS) is 16.5. The number of cyclic esters (lactones) is 1. The summed E-state index contributed by atoms with van der Waals surface area (Å²) < 4.78 is 9.46. The quantitative estimate of drug-likeness (QED) is 0.762. The largest absolute Gasteiger partial charge is 0.464 e. The van der Waals surface area contributed by atoms with Crippen LogP contribution in [0.5, 0.6) is 0 Å². The smallest absolute Gasteiger partial charge is 0.338 e. The Labute approximate surface area is 109 Å². The molecule has 1 aliphatic rings. The molecule has 2 atom stereocenters. The third-order valence-electron chi connectivity index (χ3n) is 2.88. The fourth-order valence-electron chi connectivity index (χ4n) is 1.88. The third kappa shape index (κ3) is 2.59. The molecule has 6 heteroatoms. The van der Waals surface area contributed by atoms with Crippen LogP contribution in [-0.4, -0.2) is 34.9 Å². The SMILES string of the molecule is CCOC(=O)C(O)C(O)c1ccc2c(c1)COC2=O. The lowest BCUT2D eigenvalue weighted by atomic mass is 9.99. The number of aliphatic hydroxyl groups is 2. The van der Waals surface area contributed by atoms with E-state index in [1.807, 2.05) is 0 Å². The van der Waals surface area contributed by atoms with Gasteiger partial charge in [-0.25, -0.2) is 9.59 Å². The second kappa shape index (κ2) is 5.38. The highest BCUT2D eigenvalue weighted by atomic mass is 16.5. The van der Waals surface area contributed by atoms with Crippen LogP contribution in [0.15, 0.2) is 18.2 Å². The highest BCUT2D eigenvalue weighted by Crippen LogP contribution is 2.25. The van der Waals surface area contributed by atoms with E-state index in [2.05, 4.69) is 4.74 Å². The molecule has 19 heavy (non-hydrogen) atoms. The van der Waals surface area contributed by atoms with E-state index in [0.717, 1.165) is 0 Å². The molecular weight excluding hydrogens is 252 g/mol. The van der Waals surface area contributed by atoms with Gasteiger partial charge in [0, 0.05) is 5.56 Å². The molecule has 1 aromatic rings. The Hall–Kier alpha value is -1.92. The van der Waals surface area contributed by atoms with Gasteiger partial charge in [-0.15, -0.1) is 0 Å². The summed E-state index contributed by atoms with van der Waals surface area (Å²) in [6.07, 6.45) is -3.06. The predicted octanol–water partition coefficient (Wildman–Crippen LogP) is 0.314. The number of esters is 2. The highest BCUT2D eigenvalue weighted by molar-refractivity contribution is 5.93. The number of fused-ring (bicyclic) bond motifs is 1. The number of benzene rings is 1. The maximum Gasteiger partial charge on any atom is 0.338 e. The van der Waals surface area contributed by atoms with Crippen molar-refractivity contribution in [2.24, 2.45) is 0 Å². The molecule has 0 aromatic heterocycles. The molecule has 6 nitrogen and oxygen atoms in total. The Morgan fingerprint density at radius 2 is 2.21 bits per heavy atom. The van der Waals surface area contributed by atoms with Gasteiger partial charge in [-0.05, 0) is 24.6 Å². The first-order valence-electron chi connectivity index (χ1n) is 5.87. The highest BCUT2D eigenvalue weighted by Gasteiger charge is 2.29. The molecule has 0 saturated carbocycles. The summed E-state index contributed by atoms with van der Waals surface area (Å²) in [7, 11) is 0. The first-order valence-corrected chi connectivity index (χ1v) is 5.87. The predicted molar refractivity (Wildman–Crippen MR) is 63.2 cm³/mol. The first kappa shape index (κ1) is 13.5. The monoisotopic (exact) mass is 266 g/mol. The van der Waals surface area contributed by atoms with E-state index in [0.29, 0.717) is 16.7 Å². The molecule has 1 aliphatic heterocycles. The van der Waals surface area contributed by atoms with Gasteiger partial charge in [-0.1, -0.05) is 6.07 Å². The molecule has 0 spiro atoms. The van der Waals surface area contributed by atoms with Crippen LogP contribution in [-0.2, 0) is 20.9 Å². The molecule has 2 rings (SSSR count). The summed E-state index contributed by atoms with van der Waals surface area (Å²) in [5.41, 5.74) is 1.39. The van der Waals surface area contributed by atoms with E-state index in [-0.39, 0.29) is 13.2 Å². The topological polar surface area (TPSA) is 93.1 Å². The molecule has 0 radical (unpaired) electrons. The molecule has 102 valence electrons. The van der Waals surface area contributed by atoms with E-state index in [1.54, 1.807) is 6.92 Å². The van der Waals surface area contributed by atoms with Crippen LogP contribution in [0.4, 0.5) is 0 Å². The van der Waals surface area contributed by atoms with E-state index in [4.69, 9.17) is 4.74 Å². The number of carbonyl (C=O) groups is 2. The molecule has 0 amide bonds. The summed E-state index contributed by atoms with van der Waals surface area (Å²) in [6.45, 7) is 1.86. The van der Waals surface area contributed by atoms with E-state index in [9.17, 15) is 19.8 Å².